The molecule has 2 heterocycles. The van der Waals surface area contributed by atoms with Gasteiger partial charge >= 0.3 is 0 Å². The van der Waals surface area contributed by atoms with E-state index >= 15 is 0 Å². The monoisotopic (exact) mass is 330 g/mol. The molecule has 0 radical (unpaired) electrons. The highest BCUT2D eigenvalue weighted by Gasteiger charge is 2.21. The lowest BCUT2D eigenvalue weighted by Crippen LogP contribution is -2.40. The van der Waals surface area contributed by atoms with Crippen LogP contribution in [0, 0.1) is 13.8 Å². The Morgan fingerprint density at radius 1 is 1.33 bits per heavy atom. The second-order valence-corrected chi connectivity index (χ2v) is 6.15. The van der Waals surface area contributed by atoms with Gasteiger partial charge in [0.25, 0.3) is 5.56 Å². The molecule has 1 aliphatic heterocycles. The molecule has 3 rings (SSSR count). The van der Waals surface area contributed by atoms with Crippen molar-refractivity contribution in [1.82, 2.24) is 9.55 Å². The Bertz CT molecular complexity index is 880. The molecule has 7 nitrogen and oxygen atoms in total. The zero-order valence-electron chi connectivity index (χ0n) is 14.5. The van der Waals surface area contributed by atoms with Crippen molar-refractivity contribution in [3.63, 3.8) is 0 Å². The predicted octanol–water partition coefficient (Wildman–Crippen LogP) is 1.59. The number of hydrogen-bond acceptors (Lipinski definition) is 6. The maximum absolute atomic E-state index is 12.9. The van der Waals surface area contributed by atoms with Crippen LogP contribution < -0.4 is 10.5 Å². The highest BCUT2D eigenvalue weighted by Crippen LogP contribution is 2.25. The number of anilines is 1. The first-order valence-corrected chi connectivity index (χ1v) is 7.98. The van der Waals surface area contributed by atoms with E-state index in [0.717, 1.165) is 16.7 Å². The molecule has 1 aliphatic rings. The topological polar surface area (TPSA) is 80.0 Å². The van der Waals surface area contributed by atoms with Gasteiger partial charge < -0.3 is 14.8 Å². The number of nitrogens with zero attached hydrogens (tertiary/aromatic N) is 4. The highest BCUT2D eigenvalue weighted by atomic mass is 16.5. The molecule has 1 aromatic heterocycles. The van der Waals surface area contributed by atoms with Crippen LogP contribution in [0.4, 0.5) is 5.95 Å². The fourth-order valence-corrected chi connectivity index (χ4v) is 3.17. The standard InChI is InChI=1S/C17H22N4O3/c1-10-9-13-15(14(11(10)2)12(3)19-23)18-17(20(4)16(13)22)21-5-7-24-8-6-21/h9,23H,5-8H2,1-4H3/b19-12-. The van der Waals surface area contributed by atoms with Crippen LogP contribution in [-0.4, -0.2) is 46.8 Å². The number of benzene rings is 1. The molecule has 0 spiro atoms. The van der Waals surface area contributed by atoms with Gasteiger partial charge in [-0.25, -0.2) is 4.98 Å². The fraction of sp³-hybridized carbons (Fsp3) is 0.471. The normalized spacial score (nSPS) is 16.0. The minimum Gasteiger partial charge on any atom is -0.411 e. The molecular formula is C17H22N4O3. The summed E-state index contributed by atoms with van der Waals surface area (Å²) in [6.07, 6.45) is 0. The number of fused-ring (bicyclic) bond motifs is 1. The lowest BCUT2D eigenvalue weighted by molar-refractivity contribution is 0.121. The van der Waals surface area contributed by atoms with E-state index in [1.54, 1.807) is 18.5 Å². The summed E-state index contributed by atoms with van der Waals surface area (Å²) in [4.78, 5) is 19.7. The van der Waals surface area contributed by atoms with Crippen molar-refractivity contribution in [3.8, 4) is 0 Å². The summed E-state index contributed by atoms with van der Waals surface area (Å²) in [6.45, 7) is 8.23. The van der Waals surface area contributed by atoms with E-state index in [1.807, 2.05) is 19.9 Å². The molecule has 2 aromatic rings. The lowest BCUT2D eigenvalue weighted by Gasteiger charge is -2.29. The molecule has 128 valence electrons. The molecule has 0 atom stereocenters. The SMILES string of the molecule is C/C(=N/O)c1c(C)c(C)cc2c(=O)n(C)c(N3CCOCC3)nc12. The van der Waals surface area contributed by atoms with Crippen molar-refractivity contribution in [2.45, 2.75) is 20.8 Å². The van der Waals surface area contributed by atoms with Crippen LogP contribution in [0.3, 0.4) is 0 Å². The van der Waals surface area contributed by atoms with E-state index in [0.29, 0.717) is 48.9 Å². The van der Waals surface area contributed by atoms with Crippen molar-refractivity contribution < 1.29 is 9.94 Å². The molecule has 24 heavy (non-hydrogen) atoms. The van der Waals surface area contributed by atoms with Gasteiger partial charge in [0.1, 0.15) is 0 Å². The minimum atomic E-state index is -0.100. The first kappa shape index (κ1) is 16.4. The van der Waals surface area contributed by atoms with Gasteiger partial charge in [0.2, 0.25) is 5.95 Å². The van der Waals surface area contributed by atoms with Crippen molar-refractivity contribution in [2.75, 3.05) is 31.2 Å². The molecule has 1 N–H and O–H groups in total. The van der Waals surface area contributed by atoms with E-state index in [1.165, 1.54) is 0 Å². The zero-order valence-corrected chi connectivity index (χ0v) is 14.5. The number of oxime groups is 1. The lowest BCUT2D eigenvalue weighted by atomic mass is 9.96. The first-order chi connectivity index (χ1) is 11.5. The van der Waals surface area contributed by atoms with Gasteiger partial charge in [-0.1, -0.05) is 5.16 Å². The molecule has 0 amide bonds. The second kappa shape index (κ2) is 6.24. The Morgan fingerprint density at radius 2 is 2.00 bits per heavy atom. The quantitative estimate of drug-likeness (QED) is 0.514. The van der Waals surface area contributed by atoms with Gasteiger partial charge in [0.05, 0.1) is 29.8 Å². The van der Waals surface area contributed by atoms with Gasteiger partial charge in [-0.05, 0) is 38.0 Å². The summed E-state index contributed by atoms with van der Waals surface area (Å²) < 4.78 is 6.96. The van der Waals surface area contributed by atoms with E-state index in [4.69, 9.17) is 9.72 Å². The van der Waals surface area contributed by atoms with Crippen LogP contribution in [0.2, 0.25) is 0 Å². The summed E-state index contributed by atoms with van der Waals surface area (Å²) in [5.41, 5.74) is 3.59. The van der Waals surface area contributed by atoms with Crippen molar-refractivity contribution in [1.29, 1.82) is 0 Å². The average Bonchev–Trinajstić information content (AvgIpc) is 2.60. The molecule has 1 fully saturated rings. The van der Waals surface area contributed by atoms with Crippen molar-refractivity contribution >= 4 is 22.6 Å². The van der Waals surface area contributed by atoms with E-state index in [9.17, 15) is 10.0 Å². The molecule has 1 saturated heterocycles. The van der Waals surface area contributed by atoms with Gasteiger partial charge in [0.15, 0.2) is 0 Å². The Labute approximate surface area is 140 Å². The number of hydrogen-bond donors (Lipinski definition) is 1. The smallest absolute Gasteiger partial charge is 0.262 e. The van der Waals surface area contributed by atoms with Crippen LogP contribution in [-0.2, 0) is 11.8 Å². The third kappa shape index (κ3) is 2.54. The zero-order chi connectivity index (χ0) is 17.4. The Hall–Kier alpha value is -2.41. The van der Waals surface area contributed by atoms with Crippen LogP contribution in [0.15, 0.2) is 16.0 Å². The summed E-state index contributed by atoms with van der Waals surface area (Å²) in [5, 5.41) is 13.1. The summed E-state index contributed by atoms with van der Waals surface area (Å²) >= 11 is 0. The number of rotatable bonds is 2. The number of ether oxygens (including phenoxy) is 1. The third-order valence-electron chi connectivity index (χ3n) is 4.67. The number of aryl methyl sites for hydroxylation is 1. The van der Waals surface area contributed by atoms with Gasteiger partial charge in [-0.3, -0.25) is 9.36 Å². The minimum absolute atomic E-state index is 0.100. The Balaban J connectivity index is 2.36. The molecular weight excluding hydrogens is 308 g/mol. The largest absolute Gasteiger partial charge is 0.411 e. The first-order valence-electron chi connectivity index (χ1n) is 7.98. The van der Waals surface area contributed by atoms with E-state index in [2.05, 4.69) is 10.1 Å². The fourth-order valence-electron chi connectivity index (χ4n) is 3.17. The highest BCUT2D eigenvalue weighted by molar-refractivity contribution is 6.09. The third-order valence-corrected chi connectivity index (χ3v) is 4.67. The average molecular weight is 330 g/mol. The van der Waals surface area contributed by atoms with Gasteiger partial charge in [0, 0.05) is 25.7 Å². The van der Waals surface area contributed by atoms with Crippen molar-refractivity contribution in [2.24, 2.45) is 12.2 Å². The molecule has 7 heteroatoms. The number of morpholine rings is 1. The van der Waals surface area contributed by atoms with Crippen LogP contribution in [0.25, 0.3) is 10.9 Å². The van der Waals surface area contributed by atoms with Gasteiger partial charge in [-0.2, -0.15) is 0 Å². The van der Waals surface area contributed by atoms with Crippen LogP contribution in [0.1, 0.15) is 23.6 Å². The summed E-state index contributed by atoms with van der Waals surface area (Å²) in [7, 11) is 1.74. The van der Waals surface area contributed by atoms with E-state index < -0.39 is 0 Å². The van der Waals surface area contributed by atoms with Crippen LogP contribution in [0.5, 0.6) is 0 Å². The maximum Gasteiger partial charge on any atom is 0.262 e. The van der Waals surface area contributed by atoms with Gasteiger partial charge in [-0.15, -0.1) is 0 Å². The molecule has 0 aliphatic carbocycles. The Kier molecular flexibility index (Phi) is 4.28. The van der Waals surface area contributed by atoms with Crippen LogP contribution >= 0.6 is 0 Å². The predicted molar refractivity (Wildman–Crippen MR) is 93.5 cm³/mol. The second-order valence-electron chi connectivity index (χ2n) is 6.15. The summed E-state index contributed by atoms with van der Waals surface area (Å²) in [5.74, 6) is 0.617. The van der Waals surface area contributed by atoms with E-state index in [-0.39, 0.29) is 5.56 Å². The van der Waals surface area contributed by atoms with Crippen molar-refractivity contribution in [3.05, 3.63) is 33.1 Å². The molecule has 1 aromatic carbocycles. The number of aromatic nitrogens is 2. The summed E-state index contributed by atoms with van der Waals surface area (Å²) in [6, 6.07) is 1.86. The molecule has 0 bridgehead atoms. The Morgan fingerprint density at radius 3 is 2.62 bits per heavy atom. The molecule has 0 unspecified atom stereocenters. The maximum atomic E-state index is 12.9. The molecule has 0 saturated carbocycles.